The first-order valence-corrected chi connectivity index (χ1v) is 8.19. The van der Waals surface area contributed by atoms with Crippen molar-refractivity contribution in [3.63, 3.8) is 0 Å². The summed E-state index contributed by atoms with van der Waals surface area (Å²) in [6, 6.07) is 4.46. The minimum absolute atomic E-state index is 0.0327. The lowest BCUT2D eigenvalue weighted by Crippen LogP contribution is -2.38. The van der Waals surface area contributed by atoms with Gasteiger partial charge >= 0.3 is 5.97 Å². The number of methoxy groups -OCH3 is 1. The number of carbonyl (C=O) groups is 1. The summed E-state index contributed by atoms with van der Waals surface area (Å²) in [6.45, 7) is 3.17. The van der Waals surface area contributed by atoms with Crippen molar-refractivity contribution in [1.82, 2.24) is 9.62 Å². The van der Waals surface area contributed by atoms with Crippen LogP contribution >= 0.6 is 0 Å². The summed E-state index contributed by atoms with van der Waals surface area (Å²) in [6.07, 6.45) is 0.801. The SMILES string of the molecule is COC(=O)c1ccc(S(=O)(=O)N(C)C2CCNC2)c(C)c1. The zero-order chi connectivity index (χ0) is 15.6. The highest BCUT2D eigenvalue weighted by atomic mass is 32.2. The first-order valence-electron chi connectivity index (χ1n) is 6.75. The van der Waals surface area contributed by atoms with Crippen LogP contribution in [-0.4, -0.2) is 52.0 Å². The summed E-state index contributed by atoms with van der Waals surface area (Å²) < 4.78 is 31.4. The van der Waals surface area contributed by atoms with Crippen LogP contribution < -0.4 is 5.32 Å². The molecule has 1 aliphatic rings. The smallest absolute Gasteiger partial charge is 0.337 e. The number of hydrogen-bond donors (Lipinski definition) is 1. The van der Waals surface area contributed by atoms with Crippen LogP contribution in [0.15, 0.2) is 23.1 Å². The van der Waals surface area contributed by atoms with Crippen molar-refractivity contribution in [3.8, 4) is 0 Å². The summed E-state index contributed by atoms with van der Waals surface area (Å²) in [5.41, 5.74) is 0.884. The molecule has 1 aromatic rings. The second-order valence-electron chi connectivity index (χ2n) is 5.14. The first-order chi connectivity index (χ1) is 9.87. The number of aryl methyl sites for hydroxylation is 1. The monoisotopic (exact) mass is 312 g/mol. The van der Waals surface area contributed by atoms with E-state index < -0.39 is 16.0 Å². The molecule has 7 heteroatoms. The molecule has 1 aliphatic heterocycles. The molecule has 1 unspecified atom stereocenters. The molecule has 21 heavy (non-hydrogen) atoms. The topological polar surface area (TPSA) is 75.7 Å². The Bertz CT molecular complexity index is 636. The third-order valence-corrected chi connectivity index (χ3v) is 5.87. The van der Waals surface area contributed by atoms with E-state index in [1.165, 1.54) is 23.5 Å². The molecule has 0 amide bonds. The summed E-state index contributed by atoms with van der Waals surface area (Å²) >= 11 is 0. The minimum atomic E-state index is -3.56. The van der Waals surface area contributed by atoms with E-state index in [-0.39, 0.29) is 10.9 Å². The summed E-state index contributed by atoms with van der Waals surface area (Å²) in [5, 5.41) is 3.16. The number of benzene rings is 1. The Labute approximate surface area is 125 Å². The van der Waals surface area contributed by atoms with Crippen molar-refractivity contribution in [2.45, 2.75) is 24.3 Å². The van der Waals surface area contributed by atoms with Crippen LogP contribution in [0.2, 0.25) is 0 Å². The molecular weight excluding hydrogens is 292 g/mol. The van der Waals surface area contributed by atoms with Crippen molar-refractivity contribution in [2.24, 2.45) is 0 Å². The maximum Gasteiger partial charge on any atom is 0.337 e. The van der Waals surface area contributed by atoms with Crippen molar-refractivity contribution in [3.05, 3.63) is 29.3 Å². The molecule has 1 saturated heterocycles. The van der Waals surface area contributed by atoms with E-state index in [2.05, 4.69) is 10.1 Å². The maximum absolute atomic E-state index is 12.7. The van der Waals surface area contributed by atoms with Gasteiger partial charge in [-0.1, -0.05) is 0 Å². The molecule has 116 valence electrons. The number of rotatable bonds is 4. The number of esters is 1. The van der Waals surface area contributed by atoms with E-state index in [1.807, 2.05) is 0 Å². The van der Waals surface area contributed by atoms with Crippen molar-refractivity contribution >= 4 is 16.0 Å². The van der Waals surface area contributed by atoms with Crippen LogP contribution in [0.1, 0.15) is 22.3 Å². The number of nitrogens with one attached hydrogen (secondary N) is 1. The van der Waals surface area contributed by atoms with Gasteiger partial charge in [-0.05, 0) is 43.7 Å². The standard InChI is InChI=1S/C14H20N2O4S/c1-10-8-11(14(17)20-3)4-5-13(10)21(18,19)16(2)12-6-7-15-9-12/h4-5,8,12,15H,6-7,9H2,1-3H3. The molecule has 0 aromatic heterocycles. The summed E-state index contributed by atoms with van der Waals surface area (Å²) in [5.74, 6) is -0.476. The van der Waals surface area contributed by atoms with Gasteiger partial charge in [-0.3, -0.25) is 0 Å². The molecule has 0 spiro atoms. The molecule has 0 bridgehead atoms. The molecule has 0 aliphatic carbocycles. The second-order valence-corrected chi connectivity index (χ2v) is 7.11. The predicted octanol–water partition coefficient (Wildman–Crippen LogP) is 0.764. The summed E-state index contributed by atoms with van der Waals surface area (Å²) in [4.78, 5) is 11.7. The predicted molar refractivity (Wildman–Crippen MR) is 78.7 cm³/mol. The lowest BCUT2D eigenvalue weighted by molar-refractivity contribution is 0.0600. The lowest BCUT2D eigenvalue weighted by atomic mass is 10.1. The largest absolute Gasteiger partial charge is 0.465 e. The zero-order valence-corrected chi connectivity index (χ0v) is 13.2. The van der Waals surface area contributed by atoms with Crippen LogP contribution in [-0.2, 0) is 14.8 Å². The van der Waals surface area contributed by atoms with Crippen LogP contribution in [0.4, 0.5) is 0 Å². The number of carbonyl (C=O) groups excluding carboxylic acids is 1. The molecule has 1 aromatic carbocycles. The Kier molecular flexibility index (Phi) is 4.65. The van der Waals surface area contributed by atoms with Crippen molar-refractivity contribution in [1.29, 1.82) is 0 Å². The molecule has 0 saturated carbocycles. The fourth-order valence-corrected chi connectivity index (χ4v) is 4.07. The quantitative estimate of drug-likeness (QED) is 0.831. The minimum Gasteiger partial charge on any atom is -0.465 e. The molecule has 6 nitrogen and oxygen atoms in total. The van der Waals surface area contributed by atoms with Gasteiger partial charge in [0.05, 0.1) is 17.6 Å². The third kappa shape index (κ3) is 3.09. The van der Waals surface area contributed by atoms with Crippen LogP contribution in [0.5, 0.6) is 0 Å². The Morgan fingerprint density at radius 3 is 2.67 bits per heavy atom. The first kappa shape index (κ1) is 15.9. The van der Waals surface area contributed by atoms with Gasteiger partial charge in [0.1, 0.15) is 0 Å². The van der Waals surface area contributed by atoms with Gasteiger partial charge in [0.25, 0.3) is 0 Å². The zero-order valence-electron chi connectivity index (χ0n) is 12.4. The van der Waals surface area contributed by atoms with E-state index in [4.69, 9.17) is 0 Å². The number of sulfonamides is 1. The Hall–Kier alpha value is -1.44. The Balaban J connectivity index is 2.34. The summed E-state index contributed by atoms with van der Waals surface area (Å²) in [7, 11) is -0.668. The van der Waals surface area contributed by atoms with E-state index in [0.717, 1.165) is 13.0 Å². The van der Waals surface area contributed by atoms with Gasteiger partial charge in [0.2, 0.25) is 10.0 Å². The van der Waals surface area contributed by atoms with Crippen LogP contribution in [0.25, 0.3) is 0 Å². The second kappa shape index (κ2) is 6.13. The van der Waals surface area contributed by atoms with E-state index in [9.17, 15) is 13.2 Å². The van der Waals surface area contributed by atoms with Gasteiger partial charge in [0, 0.05) is 19.6 Å². The van der Waals surface area contributed by atoms with Gasteiger partial charge in [-0.25, -0.2) is 13.2 Å². The number of hydrogen-bond acceptors (Lipinski definition) is 5. The third-order valence-electron chi connectivity index (χ3n) is 3.80. The van der Waals surface area contributed by atoms with Gasteiger partial charge < -0.3 is 10.1 Å². The van der Waals surface area contributed by atoms with Gasteiger partial charge in [-0.15, -0.1) is 0 Å². The molecule has 1 heterocycles. The molecule has 1 atom stereocenters. The fourth-order valence-electron chi connectivity index (χ4n) is 2.48. The van der Waals surface area contributed by atoms with Crippen LogP contribution in [0, 0.1) is 6.92 Å². The fraction of sp³-hybridized carbons (Fsp3) is 0.500. The molecule has 1 N–H and O–H groups in total. The van der Waals surface area contributed by atoms with Crippen LogP contribution in [0.3, 0.4) is 0 Å². The average molecular weight is 312 g/mol. The maximum atomic E-state index is 12.7. The molecule has 2 rings (SSSR count). The Morgan fingerprint density at radius 2 is 2.14 bits per heavy atom. The normalized spacial score (nSPS) is 19.0. The van der Waals surface area contributed by atoms with E-state index in [0.29, 0.717) is 17.7 Å². The van der Waals surface area contributed by atoms with Gasteiger partial charge in [-0.2, -0.15) is 4.31 Å². The number of nitrogens with zero attached hydrogens (tertiary/aromatic N) is 1. The van der Waals surface area contributed by atoms with Crippen molar-refractivity contribution < 1.29 is 17.9 Å². The van der Waals surface area contributed by atoms with E-state index in [1.54, 1.807) is 20.0 Å². The number of ether oxygens (including phenoxy) is 1. The highest BCUT2D eigenvalue weighted by molar-refractivity contribution is 7.89. The molecule has 0 radical (unpaired) electrons. The molecular formula is C14H20N2O4S. The molecule has 1 fully saturated rings. The van der Waals surface area contributed by atoms with E-state index >= 15 is 0 Å². The average Bonchev–Trinajstić information content (AvgIpc) is 2.99. The van der Waals surface area contributed by atoms with Crippen molar-refractivity contribution in [2.75, 3.05) is 27.2 Å². The lowest BCUT2D eigenvalue weighted by Gasteiger charge is -2.24. The number of likely N-dealkylation sites (N-methyl/N-ethyl adjacent to an activating group) is 1. The highest BCUT2D eigenvalue weighted by Crippen LogP contribution is 2.23. The van der Waals surface area contributed by atoms with Gasteiger partial charge in [0.15, 0.2) is 0 Å². The highest BCUT2D eigenvalue weighted by Gasteiger charge is 2.31. The Morgan fingerprint density at radius 1 is 1.43 bits per heavy atom.